The Morgan fingerprint density at radius 3 is 3.12 bits per heavy atom. The summed E-state index contributed by atoms with van der Waals surface area (Å²) in [5.41, 5.74) is -0.00247. The predicted octanol–water partition coefficient (Wildman–Crippen LogP) is 1.45. The smallest absolute Gasteiger partial charge is 0.257 e. The number of hydrogen-bond donors (Lipinski definition) is 2. The van der Waals surface area contributed by atoms with E-state index in [4.69, 9.17) is 9.47 Å². The number of rotatable bonds is 4. The molecule has 1 aliphatic carbocycles. The molecule has 2 aliphatic rings. The Morgan fingerprint density at radius 2 is 2.32 bits per heavy atom. The second-order valence-electron chi connectivity index (χ2n) is 6.63. The molecule has 0 unspecified atom stereocenters. The van der Waals surface area contributed by atoms with Gasteiger partial charge >= 0.3 is 0 Å². The van der Waals surface area contributed by atoms with Crippen LogP contribution in [0.15, 0.2) is 29.2 Å². The standard InChI is InChI=1S/C18H19FN2O4/c1-24-8-13-15(10-4-5-25-17(10)13)21-18(23)12-7-20-14-3-2-9(19)6-11(14)16(12)22/h2-3,6-7,10,13,15,17H,4-5,8H2,1H3,(H,20,22)(H,21,23)/t10-,13+,15+,17-/m1/s1. The quantitative estimate of drug-likeness (QED) is 0.878. The van der Waals surface area contributed by atoms with Gasteiger partial charge in [0.05, 0.1) is 12.7 Å². The van der Waals surface area contributed by atoms with E-state index in [0.29, 0.717) is 18.7 Å². The summed E-state index contributed by atoms with van der Waals surface area (Å²) in [5.74, 6) is -0.635. The maximum Gasteiger partial charge on any atom is 0.257 e. The molecule has 1 saturated heterocycles. The average Bonchev–Trinajstić information content (AvgIpc) is 3.03. The fourth-order valence-corrected chi connectivity index (χ4v) is 4.02. The second kappa shape index (κ2) is 6.24. The van der Waals surface area contributed by atoms with Crippen LogP contribution in [0.1, 0.15) is 16.8 Å². The maximum atomic E-state index is 13.4. The minimum atomic E-state index is -0.513. The van der Waals surface area contributed by atoms with Crippen molar-refractivity contribution in [2.45, 2.75) is 18.6 Å². The van der Waals surface area contributed by atoms with Gasteiger partial charge in [0.1, 0.15) is 11.4 Å². The first-order valence-electron chi connectivity index (χ1n) is 8.32. The van der Waals surface area contributed by atoms with Crippen molar-refractivity contribution in [3.05, 3.63) is 46.0 Å². The number of amides is 1. The first-order valence-corrected chi connectivity index (χ1v) is 8.32. The van der Waals surface area contributed by atoms with Crippen molar-refractivity contribution in [1.29, 1.82) is 0 Å². The molecule has 2 aromatic rings. The van der Waals surface area contributed by atoms with E-state index in [-0.39, 0.29) is 34.9 Å². The van der Waals surface area contributed by atoms with E-state index in [9.17, 15) is 14.0 Å². The van der Waals surface area contributed by atoms with Crippen molar-refractivity contribution < 1.29 is 18.7 Å². The van der Waals surface area contributed by atoms with E-state index in [0.717, 1.165) is 12.5 Å². The van der Waals surface area contributed by atoms with E-state index in [1.54, 1.807) is 7.11 Å². The third-order valence-corrected chi connectivity index (χ3v) is 5.27. The zero-order valence-corrected chi connectivity index (χ0v) is 13.8. The van der Waals surface area contributed by atoms with Crippen molar-refractivity contribution >= 4 is 16.8 Å². The third kappa shape index (κ3) is 2.63. The molecule has 0 spiro atoms. The number of benzene rings is 1. The number of pyridine rings is 1. The minimum absolute atomic E-state index is 0.0170. The van der Waals surface area contributed by atoms with Crippen molar-refractivity contribution in [1.82, 2.24) is 10.3 Å². The Labute approximate surface area is 143 Å². The molecule has 25 heavy (non-hydrogen) atoms. The molecule has 1 amide bonds. The lowest BCUT2D eigenvalue weighted by atomic mass is 9.67. The molecular formula is C18H19FN2O4. The van der Waals surface area contributed by atoms with Crippen molar-refractivity contribution in [2.75, 3.05) is 20.3 Å². The summed E-state index contributed by atoms with van der Waals surface area (Å²) in [6.45, 7) is 1.17. The number of fused-ring (bicyclic) bond motifs is 2. The summed E-state index contributed by atoms with van der Waals surface area (Å²) in [5, 5.41) is 3.11. The summed E-state index contributed by atoms with van der Waals surface area (Å²) in [7, 11) is 1.61. The maximum absolute atomic E-state index is 13.4. The van der Waals surface area contributed by atoms with E-state index in [2.05, 4.69) is 10.3 Å². The Morgan fingerprint density at radius 1 is 1.48 bits per heavy atom. The van der Waals surface area contributed by atoms with Crippen LogP contribution < -0.4 is 10.7 Å². The Bertz CT molecular complexity index is 881. The zero-order chi connectivity index (χ0) is 17.6. The van der Waals surface area contributed by atoms with Gasteiger partial charge in [0.2, 0.25) is 5.43 Å². The number of halogens is 1. The lowest BCUT2D eigenvalue weighted by Gasteiger charge is -2.47. The Kier molecular flexibility index (Phi) is 4.05. The molecule has 6 nitrogen and oxygen atoms in total. The van der Waals surface area contributed by atoms with E-state index >= 15 is 0 Å². The summed E-state index contributed by atoms with van der Waals surface area (Å²) >= 11 is 0. The number of H-pyrrole nitrogens is 1. The number of carbonyl (C=O) groups is 1. The number of methoxy groups -OCH3 is 1. The molecule has 1 aromatic heterocycles. The third-order valence-electron chi connectivity index (χ3n) is 5.27. The molecule has 2 heterocycles. The molecule has 7 heteroatoms. The van der Waals surface area contributed by atoms with Gasteiger partial charge in [-0.25, -0.2) is 4.39 Å². The van der Waals surface area contributed by atoms with Crippen LogP contribution in [-0.2, 0) is 9.47 Å². The topological polar surface area (TPSA) is 80.4 Å². The normalized spacial score (nSPS) is 27.8. The Balaban J connectivity index is 1.60. The summed E-state index contributed by atoms with van der Waals surface area (Å²) in [6.07, 6.45) is 2.37. The van der Waals surface area contributed by atoms with Crippen LogP contribution in [0.5, 0.6) is 0 Å². The number of nitrogens with one attached hydrogen (secondary N) is 2. The zero-order valence-electron chi connectivity index (χ0n) is 13.8. The van der Waals surface area contributed by atoms with Crippen LogP contribution in [0.2, 0.25) is 0 Å². The largest absolute Gasteiger partial charge is 0.384 e. The monoisotopic (exact) mass is 346 g/mol. The second-order valence-corrected chi connectivity index (χ2v) is 6.63. The van der Waals surface area contributed by atoms with Gasteiger partial charge < -0.3 is 19.8 Å². The van der Waals surface area contributed by atoms with Crippen molar-refractivity contribution in [2.24, 2.45) is 11.8 Å². The summed E-state index contributed by atoms with van der Waals surface area (Å²) < 4.78 is 24.3. The molecule has 1 aromatic carbocycles. The van der Waals surface area contributed by atoms with Crippen molar-refractivity contribution in [3.8, 4) is 0 Å². The molecular weight excluding hydrogens is 327 g/mol. The first kappa shape index (κ1) is 16.2. The average molecular weight is 346 g/mol. The number of carbonyl (C=O) groups excluding carboxylic acids is 1. The number of aromatic amines is 1. The highest BCUT2D eigenvalue weighted by atomic mass is 19.1. The number of hydrogen-bond acceptors (Lipinski definition) is 4. The predicted molar refractivity (Wildman–Crippen MR) is 89.0 cm³/mol. The molecule has 4 atom stereocenters. The molecule has 132 valence electrons. The van der Waals surface area contributed by atoms with Gasteiger partial charge in [-0.15, -0.1) is 0 Å². The highest BCUT2D eigenvalue weighted by molar-refractivity contribution is 5.97. The van der Waals surface area contributed by atoms with E-state index < -0.39 is 17.2 Å². The molecule has 1 aliphatic heterocycles. The number of ether oxygens (including phenoxy) is 2. The summed E-state index contributed by atoms with van der Waals surface area (Å²) in [4.78, 5) is 28.1. The van der Waals surface area contributed by atoms with Gasteiger partial charge in [-0.3, -0.25) is 9.59 Å². The van der Waals surface area contributed by atoms with Crippen LogP contribution >= 0.6 is 0 Å². The molecule has 0 bridgehead atoms. The molecule has 4 rings (SSSR count). The van der Waals surface area contributed by atoms with Crippen LogP contribution in [-0.4, -0.2) is 43.4 Å². The molecule has 0 radical (unpaired) electrons. The van der Waals surface area contributed by atoms with Gasteiger partial charge in [0.25, 0.3) is 5.91 Å². The van der Waals surface area contributed by atoms with E-state index in [1.807, 2.05) is 0 Å². The Hall–Kier alpha value is -2.25. The SMILES string of the molecule is COC[C@H]1[C@@H](NC(=O)c2c[nH]c3ccc(F)cc3c2=O)[C@H]2CCO[C@H]21. The van der Waals surface area contributed by atoms with Crippen LogP contribution in [0, 0.1) is 17.7 Å². The minimum Gasteiger partial charge on any atom is -0.384 e. The van der Waals surface area contributed by atoms with Crippen LogP contribution in [0.25, 0.3) is 10.9 Å². The lowest BCUT2D eigenvalue weighted by Crippen LogP contribution is -2.63. The fraction of sp³-hybridized carbons (Fsp3) is 0.444. The van der Waals surface area contributed by atoms with Crippen molar-refractivity contribution in [3.63, 3.8) is 0 Å². The lowest BCUT2D eigenvalue weighted by molar-refractivity contribution is -0.0809. The van der Waals surface area contributed by atoms with Gasteiger partial charge in [-0.2, -0.15) is 0 Å². The van der Waals surface area contributed by atoms with Gasteiger partial charge in [0, 0.05) is 48.7 Å². The van der Waals surface area contributed by atoms with Crippen LogP contribution in [0.4, 0.5) is 4.39 Å². The first-order chi connectivity index (χ1) is 12.1. The van der Waals surface area contributed by atoms with Gasteiger partial charge in [-0.1, -0.05) is 0 Å². The van der Waals surface area contributed by atoms with Crippen LogP contribution in [0.3, 0.4) is 0 Å². The van der Waals surface area contributed by atoms with Gasteiger partial charge in [0.15, 0.2) is 0 Å². The number of aromatic nitrogens is 1. The molecule has 2 N–H and O–H groups in total. The van der Waals surface area contributed by atoms with Gasteiger partial charge in [-0.05, 0) is 24.6 Å². The molecule has 1 saturated carbocycles. The molecule has 2 fully saturated rings. The highest BCUT2D eigenvalue weighted by Gasteiger charge is 2.54. The summed E-state index contributed by atoms with van der Waals surface area (Å²) in [6, 6.07) is 3.81. The highest BCUT2D eigenvalue weighted by Crippen LogP contribution is 2.43. The van der Waals surface area contributed by atoms with E-state index in [1.165, 1.54) is 18.3 Å². The fourth-order valence-electron chi connectivity index (χ4n) is 4.02.